The average molecular weight is 315 g/mol. The number of methoxy groups -OCH3 is 1. The number of nitro groups is 1. The van der Waals surface area contributed by atoms with E-state index in [1.165, 1.54) is 30.2 Å². The summed E-state index contributed by atoms with van der Waals surface area (Å²) in [7, 11) is 3.02. The zero-order valence-corrected chi connectivity index (χ0v) is 12.9. The van der Waals surface area contributed by atoms with Crippen LogP contribution in [0, 0.1) is 10.1 Å². The van der Waals surface area contributed by atoms with Crippen LogP contribution in [0.1, 0.15) is 15.9 Å². The predicted octanol–water partition coefficient (Wildman–Crippen LogP) is 2.31. The van der Waals surface area contributed by atoms with Gasteiger partial charge in [-0.1, -0.05) is 0 Å². The lowest BCUT2D eigenvalue weighted by atomic mass is 10.1. The van der Waals surface area contributed by atoms with Crippen LogP contribution in [0.25, 0.3) is 0 Å². The molecule has 7 nitrogen and oxygen atoms in total. The topological polar surface area (TPSA) is 85.6 Å². The summed E-state index contributed by atoms with van der Waals surface area (Å²) in [4.78, 5) is 28.3. The highest BCUT2D eigenvalue weighted by Gasteiger charge is 2.20. The summed E-state index contributed by atoms with van der Waals surface area (Å²) in [6.07, 6.45) is 4.08. The molecule has 0 saturated carbocycles. The number of aromatic nitrogens is 1. The van der Waals surface area contributed by atoms with Crippen LogP contribution >= 0.6 is 0 Å². The molecular weight excluding hydrogens is 298 g/mol. The van der Waals surface area contributed by atoms with Gasteiger partial charge in [-0.3, -0.25) is 19.9 Å². The summed E-state index contributed by atoms with van der Waals surface area (Å²) in [5.41, 5.74) is 1.11. The maximum atomic E-state index is 12.4. The summed E-state index contributed by atoms with van der Waals surface area (Å²) < 4.78 is 4.93. The third kappa shape index (κ3) is 4.03. The van der Waals surface area contributed by atoms with Gasteiger partial charge in [-0.2, -0.15) is 0 Å². The first-order chi connectivity index (χ1) is 11.0. The first-order valence-electron chi connectivity index (χ1n) is 6.99. The molecule has 2 aromatic rings. The molecule has 1 heterocycles. The van der Waals surface area contributed by atoms with Gasteiger partial charge in [0.15, 0.2) is 5.75 Å². The number of pyridine rings is 1. The van der Waals surface area contributed by atoms with E-state index in [-0.39, 0.29) is 22.9 Å². The molecule has 0 N–H and O–H groups in total. The minimum atomic E-state index is -0.563. The highest BCUT2D eigenvalue weighted by molar-refractivity contribution is 5.95. The van der Waals surface area contributed by atoms with Gasteiger partial charge in [-0.05, 0) is 36.2 Å². The molecule has 0 bridgehead atoms. The summed E-state index contributed by atoms with van der Waals surface area (Å²) in [6, 6.07) is 7.97. The van der Waals surface area contributed by atoms with Crippen molar-refractivity contribution in [3.63, 3.8) is 0 Å². The lowest BCUT2D eigenvalue weighted by molar-refractivity contribution is -0.385. The van der Waals surface area contributed by atoms with Crippen LogP contribution in [0.15, 0.2) is 42.7 Å². The van der Waals surface area contributed by atoms with E-state index in [2.05, 4.69) is 4.98 Å². The van der Waals surface area contributed by atoms with Gasteiger partial charge >= 0.3 is 5.69 Å². The molecule has 23 heavy (non-hydrogen) atoms. The Morgan fingerprint density at radius 3 is 2.61 bits per heavy atom. The molecule has 0 radical (unpaired) electrons. The molecule has 1 amide bonds. The lowest BCUT2D eigenvalue weighted by Crippen LogP contribution is -2.28. The number of nitrogens with zero attached hydrogens (tertiary/aromatic N) is 3. The van der Waals surface area contributed by atoms with Gasteiger partial charge in [-0.25, -0.2) is 0 Å². The number of benzene rings is 1. The molecule has 0 saturated heterocycles. The lowest BCUT2D eigenvalue weighted by Gasteiger charge is -2.17. The smallest absolute Gasteiger partial charge is 0.311 e. The summed E-state index contributed by atoms with van der Waals surface area (Å²) in [5, 5.41) is 11.0. The number of likely N-dealkylation sites (N-methyl/N-ethyl adjacent to an activating group) is 1. The van der Waals surface area contributed by atoms with E-state index >= 15 is 0 Å². The van der Waals surface area contributed by atoms with E-state index in [0.29, 0.717) is 13.0 Å². The monoisotopic (exact) mass is 315 g/mol. The van der Waals surface area contributed by atoms with Crippen LogP contribution in [0.4, 0.5) is 5.69 Å². The fourth-order valence-electron chi connectivity index (χ4n) is 2.13. The van der Waals surface area contributed by atoms with Crippen molar-refractivity contribution in [1.82, 2.24) is 9.88 Å². The second kappa shape index (κ2) is 7.35. The Kier molecular flexibility index (Phi) is 5.24. The Morgan fingerprint density at radius 1 is 1.30 bits per heavy atom. The largest absolute Gasteiger partial charge is 0.490 e. The molecule has 0 spiro atoms. The van der Waals surface area contributed by atoms with Crippen LogP contribution in [-0.2, 0) is 6.42 Å². The van der Waals surface area contributed by atoms with E-state index in [1.807, 2.05) is 12.1 Å². The summed E-state index contributed by atoms with van der Waals surface area (Å²) in [6.45, 7) is 0.503. The quantitative estimate of drug-likeness (QED) is 0.603. The number of amides is 1. The fraction of sp³-hybridized carbons (Fsp3) is 0.250. The van der Waals surface area contributed by atoms with Gasteiger partial charge in [-0.15, -0.1) is 0 Å². The summed E-state index contributed by atoms with van der Waals surface area (Å²) in [5.74, 6) is -0.143. The van der Waals surface area contributed by atoms with Crippen molar-refractivity contribution in [2.75, 3.05) is 20.7 Å². The first kappa shape index (κ1) is 16.4. The minimum Gasteiger partial charge on any atom is -0.490 e. The number of hydrogen-bond donors (Lipinski definition) is 0. The van der Waals surface area contributed by atoms with Crippen molar-refractivity contribution in [3.05, 3.63) is 64.0 Å². The minimum absolute atomic E-state index is 0.131. The molecule has 7 heteroatoms. The molecular formula is C16H17N3O4. The molecule has 1 aromatic heterocycles. The Balaban J connectivity index is 2.10. The SMILES string of the molecule is COc1ccc(C(=O)N(C)CCc2ccncc2)cc1[N+](=O)[O-]. The van der Waals surface area contributed by atoms with E-state index < -0.39 is 4.92 Å². The number of carbonyl (C=O) groups excluding carboxylic acids is 1. The van der Waals surface area contributed by atoms with Crippen molar-refractivity contribution < 1.29 is 14.5 Å². The normalized spacial score (nSPS) is 10.2. The van der Waals surface area contributed by atoms with Crippen LogP contribution in [-0.4, -0.2) is 41.4 Å². The zero-order chi connectivity index (χ0) is 16.8. The molecule has 0 aliphatic rings. The Morgan fingerprint density at radius 2 is 2.00 bits per heavy atom. The van der Waals surface area contributed by atoms with E-state index in [0.717, 1.165) is 5.56 Å². The van der Waals surface area contributed by atoms with Gasteiger partial charge in [0.25, 0.3) is 5.91 Å². The maximum Gasteiger partial charge on any atom is 0.311 e. The maximum absolute atomic E-state index is 12.4. The third-order valence-corrected chi connectivity index (χ3v) is 3.45. The zero-order valence-electron chi connectivity index (χ0n) is 12.9. The second-order valence-corrected chi connectivity index (χ2v) is 4.98. The van der Waals surface area contributed by atoms with Crippen molar-refractivity contribution in [2.24, 2.45) is 0 Å². The van der Waals surface area contributed by atoms with Crippen LogP contribution in [0.2, 0.25) is 0 Å². The molecule has 0 atom stereocenters. The van der Waals surface area contributed by atoms with E-state index in [4.69, 9.17) is 4.74 Å². The van der Waals surface area contributed by atoms with Crippen LogP contribution in [0.3, 0.4) is 0 Å². The van der Waals surface area contributed by atoms with Gasteiger partial charge in [0.05, 0.1) is 12.0 Å². The highest BCUT2D eigenvalue weighted by atomic mass is 16.6. The fourth-order valence-corrected chi connectivity index (χ4v) is 2.13. The molecule has 0 unspecified atom stereocenters. The second-order valence-electron chi connectivity index (χ2n) is 4.98. The molecule has 1 aromatic carbocycles. The standard InChI is InChI=1S/C16H17N3O4/c1-18(10-7-12-5-8-17-9-6-12)16(20)13-3-4-15(23-2)14(11-13)19(21)22/h3-6,8-9,11H,7,10H2,1-2H3. The van der Waals surface area contributed by atoms with E-state index in [9.17, 15) is 14.9 Å². The number of rotatable bonds is 6. The highest BCUT2D eigenvalue weighted by Crippen LogP contribution is 2.27. The Hall–Kier alpha value is -2.96. The van der Waals surface area contributed by atoms with Crippen molar-refractivity contribution >= 4 is 11.6 Å². The Bertz CT molecular complexity index is 704. The third-order valence-electron chi connectivity index (χ3n) is 3.45. The Labute approximate surface area is 133 Å². The number of nitro benzene ring substituents is 1. The van der Waals surface area contributed by atoms with Crippen LogP contribution in [0.5, 0.6) is 5.75 Å². The molecule has 0 aliphatic heterocycles. The summed E-state index contributed by atoms with van der Waals surface area (Å²) >= 11 is 0. The molecule has 2 rings (SSSR count). The molecule has 0 fully saturated rings. The number of ether oxygens (including phenoxy) is 1. The number of carbonyl (C=O) groups is 1. The van der Waals surface area contributed by atoms with Crippen molar-refractivity contribution in [1.29, 1.82) is 0 Å². The van der Waals surface area contributed by atoms with Crippen molar-refractivity contribution in [2.45, 2.75) is 6.42 Å². The van der Waals surface area contributed by atoms with Gasteiger partial charge in [0.2, 0.25) is 0 Å². The number of hydrogen-bond acceptors (Lipinski definition) is 5. The van der Waals surface area contributed by atoms with Crippen LogP contribution < -0.4 is 4.74 Å². The average Bonchev–Trinajstić information content (AvgIpc) is 2.59. The predicted molar refractivity (Wildman–Crippen MR) is 84.5 cm³/mol. The van der Waals surface area contributed by atoms with Crippen molar-refractivity contribution in [3.8, 4) is 5.75 Å². The molecule has 120 valence electrons. The molecule has 0 aliphatic carbocycles. The first-order valence-corrected chi connectivity index (χ1v) is 6.99. The van der Waals surface area contributed by atoms with E-state index in [1.54, 1.807) is 19.4 Å². The van der Waals surface area contributed by atoms with Gasteiger partial charge in [0.1, 0.15) is 0 Å². The van der Waals surface area contributed by atoms with Gasteiger partial charge < -0.3 is 9.64 Å². The van der Waals surface area contributed by atoms with Gasteiger partial charge in [0, 0.05) is 37.6 Å².